The average molecular weight is 331 g/mol. The van der Waals surface area contributed by atoms with E-state index in [9.17, 15) is 0 Å². The van der Waals surface area contributed by atoms with Crippen LogP contribution in [0, 0.1) is 0 Å². The normalized spacial score (nSPS) is 12.6. The maximum absolute atomic E-state index is 6.16. The maximum atomic E-state index is 6.16. The van der Waals surface area contributed by atoms with Gasteiger partial charge in [0, 0.05) is 22.5 Å². The van der Waals surface area contributed by atoms with Crippen LogP contribution >= 0.6 is 38.9 Å². The molecule has 0 saturated heterocycles. The van der Waals surface area contributed by atoms with Gasteiger partial charge in [-0.15, -0.1) is 11.3 Å². The van der Waals surface area contributed by atoms with E-state index in [0.29, 0.717) is 0 Å². The van der Waals surface area contributed by atoms with Crippen molar-refractivity contribution in [2.75, 3.05) is 0 Å². The highest BCUT2D eigenvalue weighted by molar-refractivity contribution is 9.11. The van der Waals surface area contributed by atoms with Gasteiger partial charge in [-0.25, -0.2) is 0 Å². The van der Waals surface area contributed by atoms with Crippen LogP contribution in [0.15, 0.2) is 40.2 Å². The minimum absolute atomic E-state index is 0.254. The molecular weight excluding hydrogens is 318 g/mol. The highest BCUT2D eigenvalue weighted by Gasteiger charge is 2.08. The van der Waals surface area contributed by atoms with Crippen LogP contribution < -0.4 is 5.32 Å². The quantitative estimate of drug-likeness (QED) is 0.830. The van der Waals surface area contributed by atoms with Crippen molar-refractivity contribution in [2.24, 2.45) is 0 Å². The monoisotopic (exact) mass is 329 g/mol. The van der Waals surface area contributed by atoms with E-state index in [2.05, 4.69) is 46.4 Å². The molecule has 0 aliphatic carbocycles. The van der Waals surface area contributed by atoms with Crippen LogP contribution in [0.3, 0.4) is 0 Å². The number of thiophene rings is 1. The topological polar surface area (TPSA) is 12.0 Å². The molecule has 0 bridgehead atoms. The van der Waals surface area contributed by atoms with E-state index in [-0.39, 0.29) is 6.04 Å². The van der Waals surface area contributed by atoms with E-state index >= 15 is 0 Å². The third-order valence-corrected chi connectivity index (χ3v) is 4.55. The Balaban J connectivity index is 1.98. The first kappa shape index (κ1) is 13.1. The molecule has 0 fully saturated rings. The van der Waals surface area contributed by atoms with Crippen molar-refractivity contribution >= 4 is 38.9 Å². The van der Waals surface area contributed by atoms with Gasteiger partial charge >= 0.3 is 0 Å². The summed E-state index contributed by atoms with van der Waals surface area (Å²) in [5, 5.41) is 4.29. The van der Waals surface area contributed by atoms with E-state index in [4.69, 9.17) is 11.6 Å². The van der Waals surface area contributed by atoms with Crippen LogP contribution in [0.4, 0.5) is 0 Å². The minimum atomic E-state index is 0.254. The number of benzene rings is 1. The van der Waals surface area contributed by atoms with Crippen LogP contribution in [-0.2, 0) is 6.54 Å². The maximum Gasteiger partial charge on any atom is 0.0701 e. The molecule has 1 atom stereocenters. The summed E-state index contributed by atoms with van der Waals surface area (Å²) < 4.78 is 1.17. The lowest BCUT2D eigenvalue weighted by Gasteiger charge is -2.14. The second-order valence-corrected chi connectivity index (χ2v) is 6.78. The van der Waals surface area contributed by atoms with Gasteiger partial charge in [-0.05, 0) is 46.6 Å². The first-order valence-corrected chi connectivity index (χ1v) is 7.37. The van der Waals surface area contributed by atoms with Gasteiger partial charge in [0.2, 0.25) is 0 Å². The van der Waals surface area contributed by atoms with Gasteiger partial charge in [0.25, 0.3) is 0 Å². The molecule has 0 radical (unpaired) electrons. The van der Waals surface area contributed by atoms with Gasteiger partial charge in [-0.3, -0.25) is 0 Å². The predicted octanol–water partition coefficient (Wildman–Crippen LogP) is 5.01. The summed E-state index contributed by atoms with van der Waals surface area (Å²) in [6.07, 6.45) is 0. The number of hydrogen-bond acceptors (Lipinski definition) is 2. The standard InChI is InChI=1S/C13H13BrClNS/c1-9(11-4-2-3-5-12(11)15)16-8-10-6-7-13(14)17-10/h2-7,9,16H,8H2,1H3/t9-/m0/s1. The number of halogens is 2. The Bertz CT molecular complexity index is 498. The third-order valence-electron chi connectivity index (χ3n) is 2.58. The molecular formula is C13H13BrClNS. The molecule has 1 aromatic heterocycles. The number of hydrogen-bond donors (Lipinski definition) is 1. The van der Waals surface area contributed by atoms with Crippen molar-refractivity contribution in [1.82, 2.24) is 5.32 Å². The van der Waals surface area contributed by atoms with Crippen molar-refractivity contribution in [3.8, 4) is 0 Å². The van der Waals surface area contributed by atoms with Gasteiger partial charge < -0.3 is 5.32 Å². The second kappa shape index (κ2) is 6.01. The average Bonchev–Trinajstić information content (AvgIpc) is 2.73. The van der Waals surface area contributed by atoms with Gasteiger partial charge in [0.1, 0.15) is 0 Å². The Kier molecular flexibility index (Phi) is 4.62. The SMILES string of the molecule is C[C@H](NCc1ccc(Br)s1)c1ccccc1Cl. The van der Waals surface area contributed by atoms with Crippen molar-refractivity contribution in [1.29, 1.82) is 0 Å². The summed E-state index contributed by atoms with van der Waals surface area (Å²) in [5.41, 5.74) is 1.14. The smallest absolute Gasteiger partial charge is 0.0701 e. The van der Waals surface area contributed by atoms with Gasteiger partial charge in [-0.2, -0.15) is 0 Å². The largest absolute Gasteiger partial charge is 0.305 e. The molecule has 0 aliphatic rings. The first-order chi connectivity index (χ1) is 8.16. The summed E-state index contributed by atoms with van der Waals surface area (Å²) in [6.45, 7) is 2.99. The first-order valence-electron chi connectivity index (χ1n) is 5.39. The fourth-order valence-electron chi connectivity index (χ4n) is 1.64. The fourth-order valence-corrected chi connectivity index (χ4v) is 3.37. The number of rotatable bonds is 4. The molecule has 2 aromatic rings. The molecule has 1 heterocycles. The van der Waals surface area contributed by atoms with E-state index in [1.54, 1.807) is 11.3 Å². The van der Waals surface area contributed by atoms with Crippen LogP contribution in [0.2, 0.25) is 5.02 Å². The van der Waals surface area contributed by atoms with Crippen molar-refractivity contribution in [2.45, 2.75) is 19.5 Å². The molecule has 0 spiro atoms. The predicted molar refractivity (Wildman–Crippen MR) is 78.7 cm³/mol. The summed E-state index contributed by atoms with van der Waals surface area (Å²) >= 11 is 11.4. The highest BCUT2D eigenvalue weighted by atomic mass is 79.9. The van der Waals surface area contributed by atoms with Gasteiger partial charge in [0.05, 0.1) is 3.79 Å². The summed E-state index contributed by atoms with van der Waals surface area (Å²) in [7, 11) is 0. The molecule has 1 N–H and O–H groups in total. The van der Waals surface area contributed by atoms with Crippen LogP contribution in [0.1, 0.15) is 23.4 Å². The van der Waals surface area contributed by atoms with Crippen LogP contribution in [0.25, 0.3) is 0 Å². The second-order valence-electron chi connectivity index (χ2n) is 3.83. The molecule has 1 aromatic carbocycles. The lowest BCUT2D eigenvalue weighted by molar-refractivity contribution is 0.579. The van der Waals surface area contributed by atoms with Crippen molar-refractivity contribution < 1.29 is 0 Å². The Labute approximate surface area is 119 Å². The molecule has 90 valence electrons. The zero-order valence-electron chi connectivity index (χ0n) is 9.41. The third kappa shape index (κ3) is 3.55. The molecule has 2 rings (SSSR count). The van der Waals surface area contributed by atoms with E-state index in [0.717, 1.165) is 17.1 Å². The Hall–Kier alpha value is -0.350. The molecule has 0 unspecified atom stereocenters. The van der Waals surface area contributed by atoms with Gasteiger partial charge in [-0.1, -0.05) is 29.8 Å². The molecule has 1 nitrogen and oxygen atoms in total. The Morgan fingerprint density at radius 2 is 2.06 bits per heavy atom. The van der Waals surface area contributed by atoms with E-state index in [1.165, 1.54) is 8.66 Å². The van der Waals surface area contributed by atoms with E-state index < -0.39 is 0 Å². The van der Waals surface area contributed by atoms with E-state index in [1.807, 2.05) is 18.2 Å². The summed E-state index contributed by atoms with van der Waals surface area (Å²) in [4.78, 5) is 1.32. The highest BCUT2D eigenvalue weighted by Crippen LogP contribution is 2.25. The number of nitrogens with one attached hydrogen (secondary N) is 1. The molecule has 4 heteroatoms. The molecule has 0 amide bonds. The fraction of sp³-hybridized carbons (Fsp3) is 0.231. The molecule has 0 saturated carbocycles. The zero-order chi connectivity index (χ0) is 12.3. The molecule has 0 aliphatic heterocycles. The Morgan fingerprint density at radius 3 is 2.71 bits per heavy atom. The minimum Gasteiger partial charge on any atom is -0.305 e. The van der Waals surface area contributed by atoms with Gasteiger partial charge in [0.15, 0.2) is 0 Å². The zero-order valence-corrected chi connectivity index (χ0v) is 12.6. The van der Waals surface area contributed by atoms with Crippen LogP contribution in [0.5, 0.6) is 0 Å². The lowest BCUT2D eigenvalue weighted by atomic mass is 10.1. The lowest BCUT2D eigenvalue weighted by Crippen LogP contribution is -2.17. The van der Waals surface area contributed by atoms with Crippen molar-refractivity contribution in [3.63, 3.8) is 0 Å². The van der Waals surface area contributed by atoms with Crippen LogP contribution in [-0.4, -0.2) is 0 Å². The summed E-state index contributed by atoms with van der Waals surface area (Å²) in [6, 6.07) is 12.4. The summed E-state index contributed by atoms with van der Waals surface area (Å²) in [5.74, 6) is 0. The Morgan fingerprint density at radius 1 is 1.29 bits per heavy atom. The van der Waals surface area contributed by atoms with Crippen molar-refractivity contribution in [3.05, 3.63) is 55.6 Å². The molecule has 17 heavy (non-hydrogen) atoms.